The number of hydrogen-bond donors (Lipinski definition) is 1. The standard InChI is InChI=1S/C19H25N5O/c1-16-5-2-6-17(15-16)23-11-13-24(14-12-23)18(25)7-3-8-20-19-21-9-4-10-22-19/h2,4-6,9-10,15H,3,7-8,11-14H2,1H3,(H,20,21,22). The fourth-order valence-corrected chi connectivity index (χ4v) is 3.03. The van der Waals surface area contributed by atoms with E-state index in [0.29, 0.717) is 18.9 Å². The zero-order valence-corrected chi connectivity index (χ0v) is 14.7. The molecule has 2 heterocycles. The van der Waals surface area contributed by atoms with Crippen molar-refractivity contribution in [3.63, 3.8) is 0 Å². The van der Waals surface area contributed by atoms with Crippen LogP contribution in [0.2, 0.25) is 0 Å². The SMILES string of the molecule is Cc1cccc(N2CCN(C(=O)CCCNc3ncccn3)CC2)c1. The van der Waals surface area contributed by atoms with E-state index in [2.05, 4.69) is 51.4 Å². The first-order chi connectivity index (χ1) is 12.2. The van der Waals surface area contributed by atoms with Gasteiger partial charge in [-0.1, -0.05) is 12.1 Å². The van der Waals surface area contributed by atoms with E-state index in [9.17, 15) is 4.79 Å². The fourth-order valence-electron chi connectivity index (χ4n) is 3.03. The topological polar surface area (TPSA) is 61.4 Å². The van der Waals surface area contributed by atoms with Gasteiger partial charge in [-0.25, -0.2) is 9.97 Å². The van der Waals surface area contributed by atoms with Crippen molar-refractivity contribution < 1.29 is 4.79 Å². The van der Waals surface area contributed by atoms with Crippen LogP contribution in [0.5, 0.6) is 0 Å². The van der Waals surface area contributed by atoms with Crippen LogP contribution >= 0.6 is 0 Å². The maximum atomic E-state index is 12.4. The molecule has 1 fully saturated rings. The van der Waals surface area contributed by atoms with E-state index in [0.717, 1.165) is 32.6 Å². The third kappa shape index (κ3) is 4.92. The van der Waals surface area contributed by atoms with Gasteiger partial charge in [0, 0.05) is 57.2 Å². The normalized spacial score (nSPS) is 14.4. The van der Waals surface area contributed by atoms with Gasteiger partial charge in [-0.05, 0) is 37.1 Å². The predicted octanol–water partition coefficient (Wildman–Crippen LogP) is 2.33. The van der Waals surface area contributed by atoms with Gasteiger partial charge in [0.05, 0.1) is 0 Å². The van der Waals surface area contributed by atoms with Gasteiger partial charge in [-0.15, -0.1) is 0 Å². The molecule has 132 valence electrons. The van der Waals surface area contributed by atoms with Gasteiger partial charge < -0.3 is 15.1 Å². The molecule has 3 rings (SSSR count). The van der Waals surface area contributed by atoms with Crippen molar-refractivity contribution in [2.24, 2.45) is 0 Å². The smallest absolute Gasteiger partial charge is 0.222 e. The van der Waals surface area contributed by atoms with Crippen molar-refractivity contribution in [2.75, 3.05) is 42.9 Å². The Labute approximate surface area is 148 Å². The minimum Gasteiger partial charge on any atom is -0.368 e. The molecular formula is C19H25N5O. The lowest BCUT2D eigenvalue weighted by Gasteiger charge is -2.36. The molecule has 0 saturated carbocycles. The maximum Gasteiger partial charge on any atom is 0.222 e. The minimum atomic E-state index is 0.236. The van der Waals surface area contributed by atoms with E-state index in [1.807, 2.05) is 4.90 Å². The number of carbonyl (C=O) groups is 1. The van der Waals surface area contributed by atoms with Crippen molar-refractivity contribution in [3.8, 4) is 0 Å². The van der Waals surface area contributed by atoms with Gasteiger partial charge in [0.2, 0.25) is 11.9 Å². The van der Waals surface area contributed by atoms with Crippen LogP contribution < -0.4 is 10.2 Å². The van der Waals surface area contributed by atoms with E-state index in [-0.39, 0.29) is 5.91 Å². The van der Waals surface area contributed by atoms with Gasteiger partial charge in [0.15, 0.2) is 0 Å². The molecule has 25 heavy (non-hydrogen) atoms. The Bertz CT molecular complexity index is 683. The van der Waals surface area contributed by atoms with E-state index in [1.54, 1.807) is 18.5 Å². The van der Waals surface area contributed by atoms with Crippen LogP contribution in [0.3, 0.4) is 0 Å². The number of aromatic nitrogens is 2. The lowest BCUT2D eigenvalue weighted by molar-refractivity contribution is -0.131. The van der Waals surface area contributed by atoms with Gasteiger partial charge in [-0.3, -0.25) is 4.79 Å². The number of aryl methyl sites for hydroxylation is 1. The van der Waals surface area contributed by atoms with Crippen molar-refractivity contribution in [1.82, 2.24) is 14.9 Å². The number of rotatable bonds is 6. The average molecular weight is 339 g/mol. The van der Waals surface area contributed by atoms with E-state index in [4.69, 9.17) is 0 Å². The van der Waals surface area contributed by atoms with Crippen molar-refractivity contribution >= 4 is 17.5 Å². The number of carbonyl (C=O) groups excluding carboxylic acids is 1. The number of hydrogen-bond acceptors (Lipinski definition) is 5. The van der Waals surface area contributed by atoms with E-state index < -0.39 is 0 Å². The van der Waals surface area contributed by atoms with Gasteiger partial charge in [0.25, 0.3) is 0 Å². The molecule has 2 aromatic rings. The highest BCUT2D eigenvalue weighted by atomic mass is 16.2. The molecule has 1 aromatic heterocycles. The molecule has 0 bridgehead atoms. The van der Waals surface area contributed by atoms with Gasteiger partial charge >= 0.3 is 0 Å². The maximum absolute atomic E-state index is 12.4. The number of amides is 1. The number of piperazine rings is 1. The summed E-state index contributed by atoms with van der Waals surface area (Å²) in [6.45, 7) is 6.19. The van der Waals surface area contributed by atoms with E-state index in [1.165, 1.54) is 11.3 Å². The fraction of sp³-hybridized carbons (Fsp3) is 0.421. The summed E-state index contributed by atoms with van der Waals surface area (Å²) in [5, 5.41) is 3.14. The number of nitrogens with one attached hydrogen (secondary N) is 1. The molecule has 0 aliphatic carbocycles. The second kappa shape index (κ2) is 8.46. The quantitative estimate of drug-likeness (QED) is 0.819. The molecule has 0 unspecified atom stereocenters. The molecule has 1 aromatic carbocycles. The zero-order valence-electron chi connectivity index (χ0n) is 14.7. The van der Waals surface area contributed by atoms with Crippen molar-refractivity contribution in [1.29, 1.82) is 0 Å². The molecule has 1 saturated heterocycles. The van der Waals surface area contributed by atoms with Crippen molar-refractivity contribution in [2.45, 2.75) is 19.8 Å². The molecule has 0 radical (unpaired) electrons. The van der Waals surface area contributed by atoms with E-state index >= 15 is 0 Å². The van der Waals surface area contributed by atoms with Gasteiger partial charge in [0.1, 0.15) is 0 Å². The summed E-state index contributed by atoms with van der Waals surface area (Å²) >= 11 is 0. The second-order valence-corrected chi connectivity index (χ2v) is 6.31. The molecule has 6 heteroatoms. The lowest BCUT2D eigenvalue weighted by Crippen LogP contribution is -2.48. The Morgan fingerprint density at radius 3 is 2.60 bits per heavy atom. The summed E-state index contributed by atoms with van der Waals surface area (Å²) in [7, 11) is 0. The van der Waals surface area contributed by atoms with Crippen molar-refractivity contribution in [3.05, 3.63) is 48.3 Å². The van der Waals surface area contributed by atoms with Crippen LogP contribution in [0.15, 0.2) is 42.7 Å². The number of benzene rings is 1. The first kappa shape index (κ1) is 17.2. The summed E-state index contributed by atoms with van der Waals surface area (Å²) in [6.07, 6.45) is 4.75. The van der Waals surface area contributed by atoms with Crippen LogP contribution in [0.1, 0.15) is 18.4 Å². The molecular weight excluding hydrogens is 314 g/mol. The summed E-state index contributed by atoms with van der Waals surface area (Å²) in [5.74, 6) is 0.849. The highest BCUT2D eigenvalue weighted by molar-refractivity contribution is 5.76. The Morgan fingerprint density at radius 2 is 1.88 bits per heavy atom. The first-order valence-corrected chi connectivity index (χ1v) is 8.83. The third-order valence-electron chi connectivity index (χ3n) is 4.42. The summed E-state index contributed by atoms with van der Waals surface area (Å²) in [6, 6.07) is 10.3. The van der Waals surface area contributed by atoms with Crippen LogP contribution in [0.25, 0.3) is 0 Å². The predicted molar refractivity (Wildman–Crippen MR) is 99.7 cm³/mol. The molecule has 1 aliphatic heterocycles. The van der Waals surface area contributed by atoms with Crippen LogP contribution in [0, 0.1) is 6.92 Å². The summed E-state index contributed by atoms with van der Waals surface area (Å²) in [4.78, 5) is 24.9. The Balaban J connectivity index is 1.38. The Hall–Kier alpha value is -2.63. The first-order valence-electron chi connectivity index (χ1n) is 8.83. The van der Waals surface area contributed by atoms with Crippen LogP contribution in [-0.2, 0) is 4.79 Å². The minimum absolute atomic E-state index is 0.236. The Kier molecular flexibility index (Phi) is 5.82. The molecule has 1 N–H and O–H groups in total. The average Bonchev–Trinajstić information content (AvgIpc) is 2.66. The molecule has 6 nitrogen and oxygen atoms in total. The summed E-state index contributed by atoms with van der Waals surface area (Å²) < 4.78 is 0. The number of anilines is 2. The van der Waals surface area contributed by atoms with Crippen LogP contribution in [-0.4, -0.2) is 53.5 Å². The summed E-state index contributed by atoms with van der Waals surface area (Å²) in [5.41, 5.74) is 2.52. The highest BCUT2D eigenvalue weighted by Gasteiger charge is 2.20. The number of nitrogens with zero attached hydrogens (tertiary/aromatic N) is 4. The molecule has 0 atom stereocenters. The molecule has 0 spiro atoms. The highest BCUT2D eigenvalue weighted by Crippen LogP contribution is 2.18. The van der Waals surface area contributed by atoms with Gasteiger partial charge in [-0.2, -0.15) is 0 Å². The second-order valence-electron chi connectivity index (χ2n) is 6.31. The van der Waals surface area contributed by atoms with Crippen LogP contribution in [0.4, 0.5) is 11.6 Å². The lowest BCUT2D eigenvalue weighted by atomic mass is 10.2. The zero-order chi connectivity index (χ0) is 17.5. The molecule has 1 amide bonds. The largest absolute Gasteiger partial charge is 0.368 e. The monoisotopic (exact) mass is 339 g/mol. The Morgan fingerprint density at radius 1 is 1.12 bits per heavy atom. The molecule has 1 aliphatic rings. The third-order valence-corrected chi connectivity index (χ3v) is 4.42.